The molecule has 2 aliphatic carbocycles. The third kappa shape index (κ3) is 2.93. The highest BCUT2D eigenvalue weighted by atomic mass is 35.5. The van der Waals surface area contributed by atoms with Gasteiger partial charge in [-0.15, -0.1) is 0 Å². The number of esters is 1. The lowest BCUT2D eigenvalue weighted by Gasteiger charge is -2.22. The molecule has 29 heavy (non-hydrogen) atoms. The second kappa shape index (κ2) is 6.78. The SMILES string of the molecule is C=C(C)C(=O)Oc1c2c(c(Oc3ccccc3)c3cc(Cl)ccc13)C1C=CC2C1. The number of allylic oxidation sites excluding steroid dienone is 2. The first-order valence-corrected chi connectivity index (χ1v) is 9.98. The normalized spacial score (nSPS) is 18.7. The van der Waals surface area contributed by atoms with Crippen LogP contribution in [0.2, 0.25) is 5.02 Å². The van der Waals surface area contributed by atoms with Gasteiger partial charge >= 0.3 is 5.97 Å². The van der Waals surface area contributed by atoms with Gasteiger partial charge < -0.3 is 9.47 Å². The van der Waals surface area contributed by atoms with E-state index in [0.717, 1.165) is 39.8 Å². The Labute approximate surface area is 174 Å². The van der Waals surface area contributed by atoms with Gasteiger partial charge in [0, 0.05) is 44.3 Å². The van der Waals surface area contributed by atoms with Crippen LogP contribution in [0.5, 0.6) is 17.2 Å². The van der Waals surface area contributed by atoms with Crippen molar-refractivity contribution in [3.63, 3.8) is 0 Å². The molecule has 0 saturated carbocycles. The van der Waals surface area contributed by atoms with Crippen molar-refractivity contribution in [2.45, 2.75) is 25.2 Å². The maximum Gasteiger partial charge on any atom is 0.338 e. The van der Waals surface area contributed by atoms with E-state index in [4.69, 9.17) is 21.1 Å². The van der Waals surface area contributed by atoms with E-state index in [9.17, 15) is 4.79 Å². The molecule has 0 saturated heterocycles. The zero-order valence-electron chi connectivity index (χ0n) is 15.9. The summed E-state index contributed by atoms with van der Waals surface area (Å²) in [6.45, 7) is 5.38. The van der Waals surface area contributed by atoms with Crippen LogP contribution in [0, 0.1) is 0 Å². The van der Waals surface area contributed by atoms with E-state index in [1.165, 1.54) is 0 Å². The molecular weight excluding hydrogens is 384 g/mol. The highest BCUT2D eigenvalue weighted by molar-refractivity contribution is 6.31. The van der Waals surface area contributed by atoms with E-state index in [-0.39, 0.29) is 11.8 Å². The van der Waals surface area contributed by atoms with Crippen molar-refractivity contribution in [1.29, 1.82) is 0 Å². The van der Waals surface area contributed by atoms with Gasteiger partial charge in [0.15, 0.2) is 0 Å². The predicted octanol–water partition coefficient (Wildman–Crippen LogP) is 6.91. The van der Waals surface area contributed by atoms with E-state index in [0.29, 0.717) is 16.3 Å². The maximum absolute atomic E-state index is 12.4. The molecule has 3 nitrogen and oxygen atoms in total. The largest absolute Gasteiger partial charge is 0.456 e. The lowest BCUT2D eigenvalue weighted by atomic mass is 9.90. The molecule has 0 radical (unpaired) electrons. The Balaban J connectivity index is 1.79. The van der Waals surface area contributed by atoms with Crippen LogP contribution in [0.15, 0.2) is 72.8 Å². The van der Waals surface area contributed by atoms with Crippen LogP contribution in [-0.2, 0) is 4.79 Å². The van der Waals surface area contributed by atoms with Gasteiger partial charge in [-0.05, 0) is 43.7 Å². The zero-order chi connectivity index (χ0) is 20.1. The van der Waals surface area contributed by atoms with Crippen molar-refractivity contribution < 1.29 is 14.3 Å². The summed E-state index contributed by atoms with van der Waals surface area (Å²) < 4.78 is 12.3. The highest BCUT2D eigenvalue weighted by Crippen LogP contribution is 2.59. The Hall–Kier alpha value is -3.04. The summed E-state index contributed by atoms with van der Waals surface area (Å²) in [6.07, 6.45) is 5.37. The van der Waals surface area contributed by atoms with Crippen LogP contribution >= 0.6 is 11.6 Å². The summed E-state index contributed by atoms with van der Waals surface area (Å²) in [4.78, 5) is 12.4. The van der Waals surface area contributed by atoms with Crippen molar-refractivity contribution in [2.24, 2.45) is 0 Å². The number of hydrogen-bond donors (Lipinski definition) is 0. The maximum atomic E-state index is 12.4. The van der Waals surface area contributed by atoms with Crippen LogP contribution < -0.4 is 9.47 Å². The van der Waals surface area contributed by atoms with Crippen molar-refractivity contribution in [1.82, 2.24) is 0 Å². The molecule has 2 aliphatic rings. The fourth-order valence-corrected chi connectivity index (χ4v) is 4.48. The van der Waals surface area contributed by atoms with Gasteiger partial charge in [-0.1, -0.05) is 48.5 Å². The standard InChI is InChI=1S/C25H19ClO3/c1-14(2)25(27)29-23-19-11-10-17(26)13-20(19)24(28-18-6-4-3-5-7-18)22-16-9-8-15(12-16)21(22)23/h3-11,13,15-16H,1,12H2,2H3. The van der Waals surface area contributed by atoms with E-state index in [1.54, 1.807) is 6.92 Å². The molecule has 3 aromatic carbocycles. The first kappa shape index (κ1) is 18.0. The van der Waals surface area contributed by atoms with Crippen LogP contribution in [0.1, 0.15) is 36.3 Å². The number of para-hydroxylation sites is 1. The number of fused-ring (bicyclic) bond motifs is 6. The van der Waals surface area contributed by atoms with Gasteiger partial charge in [0.05, 0.1) is 0 Å². The second-order valence-electron chi connectivity index (χ2n) is 7.59. The smallest absolute Gasteiger partial charge is 0.338 e. The van der Waals surface area contributed by atoms with Crippen molar-refractivity contribution in [3.05, 3.63) is 89.0 Å². The highest BCUT2D eigenvalue weighted by Gasteiger charge is 2.40. The average Bonchev–Trinajstić information content (AvgIpc) is 3.33. The van der Waals surface area contributed by atoms with Gasteiger partial charge in [0.2, 0.25) is 0 Å². The Morgan fingerprint density at radius 2 is 1.69 bits per heavy atom. The molecule has 0 amide bonds. The number of rotatable bonds is 4. The summed E-state index contributed by atoms with van der Waals surface area (Å²) in [5.74, 6) is 2.16. The first-order chi connectivity index (χ1) is 14.0. The number of benzene rings is 3. The topological polar surface area (TPSA) is 35.5 Å². The molecule has 0 fully saturated rings. The van der Waals surface area contributed by atoms with E-state index in [1.807, 2.05) is 48.5 Å². The van der Waals surface area contributed by atoms with E-state index < -0.39 is 5.97 Å². The van der Waals surface area contributed by atoms with Gasteiger partial charge in [-0.3, -0.25) is 0 Å². The summed E-state index contributed by atoms with van der Waals surface area (Å²) in [6, 6.07) is 15.3. The average molecular weight is 403 g/mol. The summed E-state index contributed by atoms with van der Waals surface area (Å²) in [5, 5.41) is 2.26. The fraction of sp³-hybridized carbons (Fsp3) is 0.160. The van der Waals surface area contributed by atoms with Gasteiger partial charge in [-0.25, -0.2) is 4.79 Å². The Morgan fingerprint density at radius 1 is 1.00 bits per heavy atom. The zero-order valence-corrected chi connectivity index (χ0v) is 16.7. The molecular formula is C25H19ClO3. The van der Waals surface area contributed by atoms with Gasteiger partial charge in [0.25, 0.3) is 0 Å². The van der Waals surface area contributed by atoms with E-state index in [2.05, 4.69) is 18.7 Å². The third-order valence-corrected chi connectivity index (χ3v) is 5.82. The molecule has 2 unspecified atom stereocenters. The van der Waals surface area contributed by atoms with Crippen LogP contribution in [0.25, 0.3) is 10.8 Å². The molecule has 144 valence electrons. The Kier molecular flexibility index (Phi) is 4.21. The molecule has 5 rings (SSSR count). The molecule has 2 bridgehead atoms. The molecule has 0 aliphatic heterocycles. The second-order valence-corrected chi connectivity index (χ2v) is 8.03. The van der Waals surface area contributed by atoms with Crippen LogP contribution in [0.4, 0.5) is 0 Å². The van der Waals surface area contributed by atoms with Crippen molar-refractivity contribution in [3.8, 4) is 17.2 Å². The number of carbonyl (C=O) groups excluding carboxylic acids is 1. The van der Waals surface area contributed by atoms with Gasteiger partial charge in [0.1, 0.15) is 17.2 Å². The van der Waals surface area contributed by atoms with Crippen LogP contribution in [-0.4, -0.2) is 5.97 Å². The number of hydrogen-bond acceptors (Lipinski definition) is 3. The van der Waals surface area contributed by atoms with Crippen molar-refractivity contribution >= 4 is 28.3 Å². The predicted molar refractivity (Wildman–Crippen MR) is 115 cm³/mol. The van der Waals surface area contributed by atoms with Crippen LogP contribution in [0.3, 0.4) is 0 Å². The molecule has 3 aromatic rings. The minimum Gasteiger partial charge on any atom is -0.456 e. The summed E-state index contributed by atoms with van der Waals surface area (Å²) in [5.41, 5.74) is 2.48. The number of halogens is 1. The molecule has 4 heteroatoms. The number of ether oxygens (including phenoxy) is 2. The minimum atomic E-state index is -0.424. The molecule has 0 heterocycles. The minimum absolute atomic E-state index is 0.209. The molecule has 0 aromatic heterocycles. The monoisotopic (exact) mass is 402 g/mol. The molecule has 0 spiro atoms. The number of carbonyl (C=O) groups is 1. The third-order valence-electron chi connectivity index (χ3n) is 5.58. The fourth-order valence-electron chi connectivity index (χ4n) is 4.31. The first-order valence-electron chi connectivity index (χ1n) is 9.61. The summed E-state index contributed by atoms with van der Waals surface area (Å²) in [7, 11) is 0. The van der Waals surface area contributed by atoms with E-state index >= 15 is 0 Å². The lowest BCUT2D eigenvalue weighted by Crippen LogP contribution is -2.12. The van der Waals surface area contributed by atoms with Gasteiger partial charge in [-0.2, -0.15) is 0 Å². The quantitative estimate of drug-likeness (QED) is 0.206. The molecule has 2 atom stereocenters. The Morgan fingerprint density at radius 3 is 2.38 bits per heavy atom. The Bertz CT molecular complexity index is 1190. The summed E-state index contributed by atoms with van der Waals surface area (Å²) >= 11 is 6.34. The molecule has 0 N–H and O–H groups in total. The lowest BCUT2D eigenvalue weighted by molar-refractivity contribution is -0.130. The van der Waals surface area contributed by atoms with Crippen molar-refractivity contribution in [2.75, 3.05) is 0 Å².